The Bertz CT molecular complexity index is 558. The van der Waals surface area contributed by atoms with Crippen LogP contribution < -0.4 is 10.5 Å². The molecular formula is C14H24N2O2S. The Hall–Kier alpha value is -1.23. The number of sulfonamides is 1. The Labute approximate surface area is 116 Å². The summed E-state index contributed by atoms with van der Waals surface area (Å²) in [6, 6.07) is 3.61. The molecule has 3 N–H and O–H groups in total. The van der Waals surface area contributed by atoms with E-state index in [1.54, 1.807) is 6.07 Å². The fourth-order valence-electron chi connectivity index (χ4n) is 1.62. The highest BCUT2D eigenvalue weighted by molar-refractivity contribution is 7.92. The van der Waals surface area contributed by atoms with Crippen molar-refractivity contribution in [3.8, 4) is 0 Å². The van der Waals surface area contributed by atoms with Gasteiger partial charge in [0.2, 0.25) is 10.0 Å². The van der Waals surface area contributed by atoms with Gasteiger partial charge in [0.15, 0.2) is 0 Å². The van der Waals surface area contributed by atoms with E-state index in [1.807, 2.05) is 40.7 Å². The Kier molecular flexibility index (Phi) is 4.50. The van der Waals surface area contributed by atoms with E-state index < -0.39 is 10.0 Å². The molecule has 1 aromatic rings. The fourth-order valence-corrected chi connectivity index (χ4v) is 3.18. The first-order valence-corrected chi connectivity index (χ1v) is 8.03. The van der Waals surface area contributed by atoms with Crippen LogP contribution >= 0.6 is 0 Å². The Morgan fingerprint density at radius 2 is 1.79 bits per heavy atom. The van der Waals surface area contributed by atoms with Crippen molar-refractivity contribution in [3.05, 3.63) is 23.3 Å². The second kappa shape index (κ2) is 5.41. The van der Waals surface area contributed by atoms with E-state index >= 15 is 0 Å². The van der Waals surface area contributed by atoms with E-state index in [0.717, 1.165) is 11.1 Å². The molecule has 0 aliphatic rings. The molecule has 0 amide bonds. The van der Waals surface area contributed by atoms with Gasteiger partial charge < -0.3 is 5.73 Å². The SMILES string of the molecule is Cc1ccc(N)c(NS(=O)(=O)CCC(C)(C)C)c1C. The number of hydrogen-bond acceptors (Lipinski definition) is 3. The molecular weight excluding hydrogens is 260 g/mol. The fraction of sp³-hybridized carbons (Fsp3) is 0.571. The lowest BCUT2D eigenvalue weighted by Crippen LogP contribution is -2.22. The number of rotatable bonds is 4. The molecule has 19 heavy (non-hydrogen) atoms. The van der Waals surface area contributed by atoms with Gasteiger partial charge in [-0.2, -0.15) is 0 Å². The van der Waals surface area contributed by atoms with E-state index in [-0.39, 0.29) is 11.2 Å². The molecule has 0 radical (unpaired) electrons. The van der Waals surface area contributed by atoms with Crippen molar-refractivity contribution in [2.75, 3.05) is 16.2 Å². The zero-order valence-corrected chi connectivity index (χ0v) is 13.2. The van der Waals surface area contributed by atoms with E-state index in [0.29, 0.717) is 17.8 Å². The third-order valence-corrected chi connectivity index (χ3v) is 4.40. The van der Waals surface area contributed by atoms with Crippen LogP contribution in [0.2, 0.25) is 0 Å². The smallest absolute Gasteiger partial charge is 0.232 e. The maximum atomic E-state index is 12.1. The number of nitrogens with two attached hydrogens (primary N) is 1. The molecule has 1 rings (SSSR count). The average molecular weight is 284 g/mol. The largest absolute Gasteiger partial charge is 0.397 e. The van der Waals surface area contributed by atoms with Crippen LogP contribution in [0.1, 0.15) is 38.3 Å². The number of benzene rings is 1. The first kappa shape index (κ1) is 15.8. The molecule has 0 fully saturated rings. The third-order valence-electron chi connectivity index (χ3n) is 3.15. The highest BCUT2D eigenvalue weighted by atomic mass is 32.2. The van der Waals surface area contributed by atoms with Crippen molar-refractivity contribution in [3.63, 3.8) is 0 Å². The number of aryl methyl sites for hydroxylation is 1. The molecule has 0 atom stereocenters. The van der Waals surface area contributed by atoms with Crippen LogP contribution in [0.3, 0.4) is 0 Å². The minimum Gasteiger partial charge on any atom is -0.397 e. The highest BCUT2D eigenvalue weighted by Gasteiger charge is 2.19. The van der Waals surface area contributed by atoms with Crippen LogP contribution in [0.25, 0.3) is 0 Å². The zero-order valence-electron chi connectivity index (χ0n) is 12.4. The summed E-state index contributed by atoms with van der Waals surface area (Å²) < 4.78 is 26.8. The summed E-state index contributed by atoms with van der Waals surface area (Å²) >= 11 is 0. The molecule has 0 heterocycles. The topological polar surface area (TPSA) is 72.2 Å². The quantitative estimate of drug-likeness (QED) is 0.835. The van der Waals surface area contributed by atoms with Crippen LogP contribution in [0, 0.1) is 19.3 Å². The van der Waals surface area contributed by atoms with Crippen molar-refractivity contribution in [1.82, 2.24) is 0 Å². The number of hydrogen-bond donors (Lipinski definition) is 2. The van der Waals surface area contributed by atoms with Gasteiger partial charge in [0, 0.05) is 0 Å². The van der Waals surface area contributed by atoms with Crippen LogP contribution in [-0.4, -0.2) is 14.2 Å². The normalized spacial score (nSPS) is 12.5. The third kappa shape index (κ3) is 4.74. The maximum absolute atomic E-state index is 12.1. The summed E-state index contributed by atoms with van der Waals surface area (Å²) in [5.41, 5.74) is 8.70. The molecule has 0 aliphatic heterocycles. The molecule has 0 unspecified atom stereocenters. The zero-order chi connectivity index (χ0) is 14.8. The van der Waals surface area contributed by atoms with E-state index in [9.17, 15) is 8.42 Å². The van der Waals surface area contributed by atoms with Gasteiger partial charge in [-0.1, -0.05) is 26.8 Å². The van der Waals surface area contributed by atoms with Crippen LogP contribution in [-0.2, 0) is 10.0 Å². The molecule has 4 nitrogen and oxygen atoms in total. The summed E-state index contributed by atoms with van der Waals surface area (Å²) in [6.07, 6.45) is 0.604. The molecule has 0 spiro atoms. The van der Waals surface area contributed by atoms with Crippen LogP contribution in [0.5, 0.6) is 0 Å². The first-order valence-electron chi connectivity index (χ1n) is 6.38. The molecule has 0 aliphatic carbocycles. The van der Waals surface area contributed by atoms with E-state index in [1.165, 1.54) is 0 Å². The summed E-state index contributed by atoms with van der Waals surface area (Å²) in [6.45, 7) is 9.87. The van der Waals surface area contributed by atoms with Crippen molar-refractivity contribution >= 4 is 21.4 Å². The highest BCUT2D eigenvalue weighted by Crippen LogP contribution is 2.27. The second-order valence-corrected chi connectivity index (χ2v) is 8.05. The summed E-state index contributed by atoms with van der Waals surface area (Å²) in [7, 11) is -3.36. The van der Waals surface area contributed by atoms with Crippen molar-refractivity contribution in [1.29, 1.82) is 0 Å². The Balaban J connectivity index is 2.93. The first-order chi connectivity index (χ1) is 8.52. The Morgan fingerprint density at radius 1 is 1.21 bits per heavy atom. The van der Waals surface area contributed by atoms with Gasteiger partial charge in [-0.25, -0.2) is 8.42 Å². The molecule has 1 aromatic carbocycles. The predicted octanol–water partition coefficient (Wildman–Crippen LogP) is 3.06. The number of nitrogen functional groups attached to an aromatic ring is 1. The summed E-state index contributed by atoms with van der Waals surface area (Å²) in [5, 5.41) is 0. The minimum atomic E-state index is -3.36. The van der Waals surface area contributed by atoms with Crippen LogP contribution in [0.4, 0.5) is 11.4 Å². The maximum Gasteiger partial charge on any atom is 0.232 e. The van der Waals surface area contributed by atoms with Crippen molar-refractivity contribution in [2.24, 2.45) is 5.41 Å². The monoisotopic (exact) mass is 284 g/mol. The standard InChI is InChI=1S/C14H24N2O2S/c1-10-6-7-12(15)13(11(10)2)16-19(17,18)9-8-14(3,4)5/h6-7,16H,8-9,15H2,1-5H3. The lowest BCUT2D eigenvalue weighted by molar-refractivity contribution is 0.397. The molecule has 0 aromatic heterocycles. The lowest BCUT2D eigenvalue weighted by atomic mass is 9.94. The lowest BCUT2D eigenvalue weighted by Gasteiger charge is -2.19. The van der Waals surface area contributed by atoms with Gasteiger partial charge in [-0.3, -0.25) is 4.72 Å². The van der Waals surface area contributed by atoms with Crippen molar-refractivity contribution < 1.29 is 8.42 Å². The number of anilines is 2. The summed E-state index contributed by atoms with van der Waals surface area (Å²) in [4.78, 5) is 0. The van der Waals surface area contributed by atoms with Gasteiger partial charge in [-0.15, -0.1) is 0 Å². The number of nitrogens with one attached hydrogen (secondary N) is 1. The van der Waals surface area contributed by atoms with Crippen molar-refractivity contribution in [2.45, 2.75) is 41.0 Å². The molecule has 0 saturated carbocycles. The summed E-state index contributed by atoms with van der Waals surface area (Å²) in [5.74, 6) is 0.101. The van der Waals surface area contributed by atoms with E-state index in [4.69, 9.17) is 5.73 Å². The second-order valence-electron chi connectivity index (χ2n) is 6.20. The minimum absolute atomic E-state index is 0.0120. The van der Waals surface area contributed by atoms with Gasteiger partial charge in [0.25, 0.3) is 0 Å². The molecule has 0 bridgehead atoms. The van der Waals surface area contributed by atoms with Gasteiger partial charge >= 0.3 is 0 Å². The van der Waals surface area contributed by atoms with Crippen LogP contribution in [0.15, 0.2) is 12.1 Å². The Morgan fingerprint density at radius 3 is 2.32 bits per heavy atom. The van der Waals surface area contributed by atoms with Gasteiger partial charge in [0.1, 0.15) is 0 Å². The average Bonchev–Trinajstić information content (AvgIpc) is 2.27. The van der Waals surface area contributed by atoms with E-state index in [2.05, 4.69) is 4.72 Å². The van der Waals surface area contributed by atoms with Gasteiger partial charge in [0.05, 0.1) is 17.1 Å². The van der Waals surface area contributed by atoms with Gasteiger partial charge in [-0.05, 0) is 42.9 Å². The molecule has 0 saturated heterocycles. The predicted molar refractivity (Wildman–Crippen MR) is 81.8 cm³/mol. The molecule has 5 heteroatoms. The molecule has 108 valence electrons.